The Balaban J connectivity index is 1.21. The molecule has 0 aliphatic carbocycles. The van der Waals surface area contributed by atoms with Gasteiger partial charge in [0.2, 0.25) is 0 Å². The number of benzene rings is 10. The highest BCUT2D eigenvalue weighted by Crippen LogP contribution is 2.46. The van der Waals surface area contributed by atoms with Gasteiger partial charge >= 0.3 is 0 Å². The van der Waals surface area contributed by atoms with Crippen LogP contribution in [0.2, 0.25) is 0 Å². The largest absolute Gasteiger partial charge is 0.308 e. The highest BCUT2D eigenvalue weighted by molar-refractivity contribution is 6.14. The van der Waals surface area contributed by atoms with E-state index in [0.29, 0.717) is 11.1 Å². The third kappa shape index (κ3) is 7.99. The van der Waals surface area contributed by atoms with Crippen LogP contribution in [-0.4, -0.2) is 9.13 Å². The van der Waals surface area contributed by atoms with Gasteiger partial charge in [0.25, 0.3) is 0 Å². The summed E-state index contributed by atoms with van der Waals surface area (Å²) in [6, 6.07) is 69.4. The Labute approximate surface area is 439 Å². The van der Waals surface area contributed by atoms with Crippen LogP contribution in [0.3, 0.4) is 0 Å². The number of fused-ring (bicyclic) bond motifs is 6. The van der Waals surface area contributed by atoms with E-state index >= 15 is 0 Å². The van der Waals surface area contributed by atoms with Crippen molar-refractivity contribution in [1.82, 2.24) is 9.13 Å². The number of rotatable bonds is 7. The summed E-state index contributed by atoms with van der Waals surface area (Å²) in [6.07, 6.45) is 0. The van der Waals surface area contributed by atoms with E-state index in [1.807, 2.05) is 24.3 Å². The summed E-state index contributed by atoms with van der Waals surface area (Å²) in [5, 5.41) is 26.3. The molecule has 0 saturated heterocycles. The molecule has 12 aromatic rings. The van der Waals surface area contributed by atoms with E-state index in [1.165, 1.54) is 66.8 Å². The van der Waals surface area contributed by atoms with Crippen molar-refractivity contribution in [2.45, 2.75) is 62.3 Å². The van der Waals surface area contributed by atoms with Crippen LogP contribution in [0.5, 0.6) is 0 Å². The molecule has 0 fully saturated rings. The maximum Gasteiger partial charge on any atom is 0.0993 e. The van der Waals surface area contributed by atoms with E-state index in [1.54, 1.807) is 0 Å². The van der Waals surface area contributed by atoms with Gasteiger partial charge < -0.3 is 9.13 Å². The molecule has 0 atom stereocenters. The lowest BCUT2D eigenvalue weighted by atomic mass is 9.95. The first-order valence-corrected chi connectivity index (χ1v) is 25.8. The topological polar surface area (TPSA) is 57.4 Å². The average Bonchev–Trinajstić information content (AvgIpc) is 3.93. The van der Waals surface area contributed by atoms with E-state index in [0.717, 1.165) is 93.9 Å². The molecule has 0 aliphatic heterocycles. The van der Waals surface area contributed by atoms with Gasteiger partial charge in [0, 0.05) is 27.1 Å². The zero-order valence-corrected chi connectivity index (χ0v) is 44.0. The zero-order valence-electron chi connectivity index (χ0n) is 44.0. The molecule has 0 bridgehead atoms. The van der Waals surface area contributed by atoms with Crippen molar-refractivity contribution in [2.75, 3.05) is 0 Å². The van der Waals surface area contributed by atoms with Crippen molar-refractivity contribution in [3.8, 4) is 79.1 Å². The minimum absolute atomic E-state index is 0.527. The summed E-state index contributed by atoms with van der Waals surface area (Å²) in [5.74, 6) is 0. The molecule has 0 saturated carbocycles. The van der Waals surface area contributed by atoms with Crippen molar-refractivity contribution in [3.05, 3.63) is 237 Å². The number of hydrogen-bond acceptors (Lipinski definition) is 2. The normalized spacial score (nSPS) is 11.5. The maximum absolute atomic E-state index is 11.2. The molecule has 0 N–H and O–H groups in total. The molecule has 12 rings (SSSR count). The Bertz CT molecular complexity index is 4020. The number of nitriles is 2. The summed E-state index contributed by atoms with van der Waals surface area (Å²) >= 11 is 0. The van der Waals surface area contributed by atoms with Gasteiger partial charge in [-0.15, -0.1) is 0 Å². The standard InChI is InChI=1S/C71H56N4/c1-41-10-18-57(46(6)26-41)52-14-22-65-61(35-52)62-36-53(58-19-11-42(2)27-47(58)7)15-23-66(62)74(65)69-33-51(40-73)34-70(71(69)56-31-45(5)30-50(32-56)39-72)75-67-24-16-54(59-20-12-43(3)28-48(59)8)37-63(67)64-38-55(17-25-68(64)75)60-21-13-44(4)29-49(60)9/h10-38H,1-9H3. The highest BCUT2D eigenvalue weighted by Gasteiger charge is 2.25. The zero-order chi connectivity index (χ0) is 52.0. The van der Waals surface area contributed by atoms with Crippen molar-refractivity contribution in [2.24, 2.45) is 0 Å². The molecule has 0 amide bonds. The van der Waals surface area contributed by atoms with Crippen LogP contribution in [0.15, 0.2) is 176 Å². The van der Waals surface area contributed by atoms with Gasteiger partial charge in [-0.25, -0.2) is 0 Å². The van der Waals surface area contributed by atoms with Gasteiger partial charge in [0.15, 0.2) is 0 Å². The Hall–Kier alpha value is -9.22. The number of aromatic nitrogens is 2. The molecule has 4 heteroatoms. The first-order valence-electron chi connectivity index (χ1n) is 25.8. The van der Waals surface area contributed by atoms with E-state index < -0.39 is 0 Å². The van der Waals surface area contributed by atoms with Crippen LogP contribution in [0.25, 0.3) is 111 Å². The van der Waals surface area contributed by atoms with Crippen LogP contribution in [0.1, 0.15) is 61.2 Å². The maximum atomic E-state index is 11.2. The molecule has 75 heavy (non-hydrogen) atoms. The van der Waals surface area contributed by atoms with Crippen molar-refractivity contribution in [1.29, 1.82) is 10.5 Å². The van der Waals surface area contributed by atoms with E-state index in [-0.39, 0.29) is 0 Å². The van der Waals surface area contributed by atoms with Crippen LogP contribution in [0, 0.1) is 85.0 Å². The van der Waals surface area contributed by atoms with Gasteiger partial charge in [0.05, 0.1) is 56.7 Å². The molecule has 360 valence electrons. The average molecular weight is 965 g/mol. The van der Waals surface area contributed by atoms with Gasteiger partial charge in [-0.1, -0.05) is 125 Å². The minimum atomic E-state index is 0.527. The van der Waals surface area contributed by atoms with Gasteiger partial charge in [0.1, 0.15) is 0 Å². The van der Waals surface area contributed by atoms with Crippen LogP contribution in [-0.2, 0) is 0 Å². The van der Waals surface area contributed by atoms with E-state index in [4.69, 9.17) is 0 Å². The van der Waals surface area contributed by atoms with Crippen molar-refractivity contribution >= 4 is 43.6 Å². The molecule has 2 aromatic heterocycles. The molecule has 0 radical (unpaired) electrons. The molecule has 4 nitrogen and oxygen atoms in total. The molecule has 10 aromatic carbocycles. The lowest BCUT2D eigenvalue weighted by Gasteiger charge is -2.21. The summed E-state index contributed by atoms with van der Waals surface area (Å²) in [7, 11) is 0. The van der Waals surface area contributed by atoms with E-state index in [2.05, 4.69) is 235 Å². The molecule has 0 aliphatic rings. The minimum Gasteiger partial charge on any atom is -0.308 e. The molecule has 2 heterocycles. The van der Waals surface area contributed by atoms with Crippen LogP contribution < -0.4 is 0 Å². The Morgan fingerprint density at radius 3 is 0.880 bits per heavy atom. The molecule has 0 unspecified atom stereocenters. The van der Waals surface area contributed by atoms with Crippen LogP contribution in [0.4, 0.5) is 0 Å². The summed E-state index contributed by atoms with van der Waals surface area (Å²) in [5.41, 5.74) is 28.8. The third-order valence-electron chi connectivity index (χ3n) is 15.5. The first-order chi connectivity index (χ1) is 36.2. The van der Waals surface area contributed by atoms with Crippen molar-refractivity contribution in [3.63, 3.8) is 0 Å². The quantitative estimate of drug-likeness (QED) is 0.160. The van der Waals surface area contributed by atoms with E-state index in [9.17, 15) is 10.5 Å². The Kier molecular flexibility index (Phi) is 11.3. The summed E-state index contributed by atoms with van der Waals surface area (Å²) in [6.45, 7) is 19.4. The van der Waals surface area contributed by atoms with Crippen molar-refractivity contribution < 1.29 is 0 Å². The number of aryl methyl sites for hydroxylation is 9. The Morgan fingerprint density at radius 1 is 0.280 bits per heavy atom. The molecule has 0 spiro atoms. The predicted molar refractivity (Wildman–Crippen MR) is 314 cm³/mol. The summed E-state index contributed by atoms with van der Waals surface area (Å²) < 4.78 is 4.72. The number of hydrogen-bond donors (Lipinski definition) is 0. The monoisotopic (exact) mass is 964 g/mol. The summed E-state index contributed by atoms with van der Waals surface area (Å²) in [4.78, 5) is 0. The highest BCUT2D eigenvalue weighted by atomic mass is 15.0. The number of nitrogens with zero attached hydrogens (tertiary/aromatic N) is 4. The second-order valence-corrected chi connectivity index (χ2v) is 21.1. The fourth-order valence-corrected chi connectivity index (χ4v) is 12.1. The van der Waals surface area contributed by atoms with Crippen LogP contribution >= 0.6 is 0 Å². The fraction of sp³-hybridized carbons (Fsp3) is 0.127. The molecular weight excluding hydrogens is 909 g/mol. The van der Waals surface area contributed by atoms with Gasteiger partial charge in [-0.05, 0) is 213 Å². The second kappa shape index (κ2) is 18.1. The predicted octanol–water partition coefficient (Wildman–Crippen LogP) is 18.7. The first kappa shape index (κ1) is 46.8. The SMILES string of the molecule is Cc1cc(C#N)cc(-c2c(-n3c4ccc(-c5ccc(C)cc5C)cc4c4cc(-c5ccc(C)cc5C)ccc43)cc(C#N)cc2-n2c3ccc(-c4ccc(C)cc4C)cc3c3cc(-c4ccc(C)cc4C)ccc32)c1. The molecular formula is C71H56N4. The lowest BCUT2D eigenvalue weighted by molar-refractivity contribution is 1.13. The second-order valence-electron chi connectivity index (χ2n) is 21.1. The Morgan fingerprint density at radius 2 is 0.587 bits per heavy atom. The smallest absolute Gasteiger partial charge is 0.0993 e. The van der Waals surface area contributed by atoms with Gasteiger partial charge in [-0.2, -0.15) is 10.5 Å². The van der Waals surface area contributed by atoms with Gasteiger partial charge in [-0.3, -0.25) is 0 Å². The third-order valence-corrected chi connectivity index (χ3v) is 15.5. The lowest BCUT2D eigenvalue weighted by Crippen LogP contribution is -2.05. The fourth-order valence-electron chi connectivity index (χ4n) is 12.1.